The van der Waals surface area contributed by atoms with Crippen LogP contribution in [-0.4, -0.2) is 109 Å². The predicted molar refractivity (Wildman–Crippen MR) is 360 cm³/mol. The minimum Gasteiger partial charge on any atom is -0.743 e. The molecule has 0 saturated carbocycles. The largest absolute Gasteiger partial charge is 0.743 e. The van der Waals surface area contributed by atoms with Crippen LogP contribution in [-0.2, 0) is 52.1 Å². The SMILES string of the molecule is Cc1cc(C)c([S+](c2ccc(-c3ccc([I+]c4ccc(-c5ccc([S+](c6c(C)cc(C)cc6C)c6c(C)cc(C)cc6C)cc5)cc4)cc3)cc2)c2c(C)cc(C)cc2C)c(C)c1.O=S(=O)([O-])C(F)(F)C(F)(F)C(F)(F)C(F)(F)F.O=S(=O)([O-])C(F)(F)C(F)(F)C(F)(F)C(F)(F)F.O=S(=O)([O-])C(F)(F)C(F)(F)C(F)(F)C(F)(F)F. The lowest BCUT2D eigenvalue weighted by Crippen LogP contribution is -3.61. The van der Waals surface area contributed by atoms with Gasteiger partial charge in [-0.05, 0) is 202 Å². The van der Waals surface area contributed by atoms with Crippen LogP contribution in [0.5, 0.6) is 0 Å². The zero-order chi connectivity index (χ0) is 88.2. The van der Waals surface area contributed by atoms with Gasteiger partial charge in [0, 0.05) is 44.5 Å². The number of rotatable bonds is 19. The number of alkyl halides is 27. The Morgan fingerprint density at radius 2 is 0.395 bits per heavy atom. The van der Waals surface area contributed by atoms with Crippen molar-refractivity contribution in [3.63, 3.8) is 0 Å². The highest BCUT2D eigenvalue weighted by Gasteiger charge is 2.86. The number of aryl methyl sites for hydroxylation is 12. The number of hydrogen-bond acceptors (Lipinski definition) is 9. The standard InChI is InChI=1S/C60H60IS2.3C4HF9O3S/c1-37-29-41(5)57(42(6)30-37)62(58-43(7)31-38(2)32-44(58)8)55-25-17-51(18-26-55)49-13-21-53(22-14-49)61-54-23-15-50(16-24-54)52-19-27-56(28-20-52)63(59-45(9)33-39(3)34-46(59)10)60-47(11)35-40(4)36-48(60)12;3*5-1(6,3(9,10)11)2(7,8)4(12,13)17(14,15)16/h13-36H,1-12H3;3*(H,14,15,16)/q+3;;;/p-3. The molecule has 0 bridgehead atoms. The molecule has 0 N–H and O–H groups in total. The molecule has 0 atom stereocenters. The summed E-state index contributed by atoms with van der Waals surface area (Å²) >= 11 is -0.304. The molecule has 0 aliphatic carbocycles. The first-order valence-corrected chi connectivity index (χ1v) is 40.3. The van der Waals surface area contributed by atoms with Gasteiger partial charge in [0.2, 0.25) is 0 Å². The van der Waals surface area contributed by atoms with Gasteiger partial charge in [0.1, 0.15) is 21.8 Å². The van der Waals surface area contributed by atoms with Gasteiger partial charge in [-0.2, -0.15) is 119 Å². The van der Waals surface area contributed by atoms with Crippen LogP contribution in [0.1, 0.15) is 66.8 Å². The van der Waals surface area contributed by atoms with E-state index in [-0.39, 0.29) is 43.0 Å². The van der Waals surface area contributed by atoms with Gasteiger partial charge in [-0.3, -0.25) is 0 Å². The highest BCUT2D eigenvalue weighted by molar-refractivity contribution is 7.97. The third-order valence-corrected chi connectivity index (χ3v) is 27.3. The summed E-state index contributed by atoms with van der Waals surface area (Å²) in [5.41, 5.74) is 21.3. The fourth-order valence-electron chi connectivity index (χ4n) is 11.3. The first-order valence-electron chi connectivity index (χ1n) is 31.5. The van der Waals surface area contributed by atoms with Crippen molar-refractivity contribution >= 4 is 52.1 Å². The summed E-state index contributed by atoms with van der Waals surface area (Å²) in [6, 6.07) is 56.3. The third kappa shape index (κ3) is 19.6. The Morgan fingerprint density at radius 3 is 0.535 bits per heavy atom. The molecule has 9 nitrogen and oxygen atoms in total. The molecule has 628 valence electrons. The van der Waals surface area contributed by atoms with Crippen molar-refractivity contribution in [2.75, 3.05) is 0 Å². The second-order valence-corrected chi connectivity index (χ2v) is 36.6. The molecule has 114 heavy (non-hydrogen) atoms. The molecular formula is C72H60F27IO9S5. The summed E-state index contributed by atoms with van der Waals surface area (Å²) in [5, 5.41) is -21.3. The zero-order valence-electron chi connectivity index (χ0n) is 60.2. The van der Waals surface area contributed by atoms with Gasteiger partial charge in [-0.25, -0.2) is 25.3 Å². The molecule has 0 saturated heterocycles. The molecule has 0 aromatic heterocycles. The molecule has 42 heteroatoms. The van der Waals surface area contributed by atoms with E-state index in [9.17, 15) is 157 Å². The van der Waals surface area contributed by atoms with Gasteiger partial charge in [-0.15, -0.1) is 0 Å². The fraction of sp³-hybridized carbons (Fsp3) is 0.333. The second kappa shape index (κ2) is 33.8. The summed E-state index contributed by atoms with van der Waals surface area (Å²) in [5.74, 6) is -44.5. The molecule has 0 fully saturated rings. The minimum atomic E-state index is -7.43. The van der Waals surface area contributed by atoms with Crippen molar-refractivity contribution in [1.29, 1.82) is 0 Å². The van der Waals surface area contributed by atoms with Crippen LogP contribution in [0.4, 0.5) is 119 Å². The maximum absolute atomic E-state index is 12.2. The molecule has 0 unspecified atom stereocenters. The lowest BCUT2D eigenvalue weighted by molar-refractivity contribution is -0.597. The molecule has 0 heterocycles. The van der Waals surface area contributed by atoms with E-state index in [1.54, 1.807) is 0 Å². The number of benzene rings is 8. The first-order chi connectivity index (χ1) is 51.1. The highest BCUT2D eigenvalue weighted by atomic mass is 127. The Labute approximate surface area is 651 Å². The van der Waals surface area contributed by atoms with Crippen molar-refractivity contribution in [2.24, 2.45) is 0 Å². The van der Waals surface area contributed by atoms with Crippen LogP contribution < -0.4 is 21.2 Å². The lowest BCUT2D eigenvalue weighted by atomic mass is 10.1. The predicted octanol–water partition coefficient (Wildman–Crippen LogP) is 18.9. The summed E-state index contributed by atoms with van der Waals surface area (Å²) in [7, 11) is -22.7. The van der Waals surface area contributed by atoms with Gasteiger partial charge < -0.3 is 13.7 Å². The summed E-state index contributed by atoms with van der Waals surface area (Å²) in [6.45, 7) is 27.1. The van der Waals surface area contributed by atoms with E-state index >= 15 is 0 Å². The Balaban J connectivity index is 0.000000367. The van der Waals surface area contributed by atoms with E-state index < -0.39 is 100 Å². The molecule has 8 aromatic carbocycles. The normalized spacial score (nSPS) is 13.6. The Morgan fingerprint density at radius 1 is 0.246 bits per heavy atom. The van der Waals surface area contributed by atoms with Crippen LogP contribution in [0.2, 0.25) is 0 Å². The van der Waals surface area contributed by atoms with Crippen LogP contribution in [0.3, 0.4) is 0 Å². The van der Waals surface area contributed by atoms with Crippen LogP contribution in [0, 0.1) is 90.2 Å². The highest BCUT2D eigenvalue weighted by Crippen LogP contribution is 2.58. The third-order valence-electron chi connectivity index (χ3n) is 16.3. The fourth-order valence-corrected chi connectivity index (χ4v) is 20.0. The number of hydrogen-bond donors (Lipinski definition) is 0. The van der Waals surface area contributed by atoms with E-state index in [1.807, 2.05) is 0 Å². The second-order valence-electron chi connectivity index (χ2n) is 25.5. The van der Waals surface area contributed by atoms with Crippen molar-refractivity contribution in [2.45, 2.75) is 182 Å². The van der Waals surface area contributed by atoms with Gasteiger partial charge in [0.15, 0.2) is 66.9 Å². The molecule has 0 amide bonds. The molecule has 0 radical (unpaired) electrons. The van der Waals surface area contributed by atoms with E-state index in [4.69, 9.17) is 0 Å². The van der Waals surface area contributed by atoms with Crippen molar-refractivity contribution in [3.05, 3.63) is 219 Å². The van der Waals surface area contributed by atoms with Gasteiger partial charge >= 0.3 is 91.0 Å². The maximum atomic E-state index is 12.2. The Hall–Kier alpha value is -6.97. The van der Waals surface area contributed by atoms with Crippen LogP contribution in [0.25, 0.3) is 22.3 Å². The summed E-state index contributed by atoms with van der Waals surface area (Å²) in [6.07, 6.45) is -21.5. The van der Waals surface area contributed by atoms with Gasteiger partial charge in [0.05, 0.1) is 0 Å². The average Bonchev–Trinajstić information content (AvgIpc) is 0.733. The first kappa shape index (κ1) is 97.6. The van der Waals surface area contributed by atoms with Crippen molar-refractivity contribution < 1.29 is 179 Å². The molecule has 0 aliphatic heterocycles. The van der Waals surface area contributed by atoms with Crippen LogP contribution >= 0.6 is 0 Å². The molecular weight excluding hydrogens is 1810 g/mol. The quantitative estimate of drug-likeness (QED) is 0.0331. The Kier molecular flexibility index (Phi) is 28.9. The molecule has 0 spiro atoms. The van der Waals surface area contributed by atoms with Crippen molar-refractivity contribution in [1.82, 2.24) is 0 Å². The summed E-state index contributed by atoms with van der Waals surface area (Å²) < 4.78 is 409. The number of halogens is 28. The molecule has 8 aromatic rings. The lowest BCUT2D eigenvalue weighted by Gasteiger charge is -2.34. The summed E-state index contributed by atoms with van der Waals surface area (Å²) in [4.78, 5) is 8.57. The average molecular weight is 1870 g/mol. The van der Waals surface area contributed by atoms with Crippen LogP contribution in [0.15, 0.2) is 175 Å². The van der Waals surface area contributed by atoms with Gasteiger partial charge in [0.25, 0.3) is 0 Å². The monoisotopic (exact) mass is 1870 g/mol. The molecule has 0 aliphatic rings. The van der Waals surface area contributed by atoms with Gasteiger partial charge in [-0.1, -0.05) is 70.8 Å². The van der Waals surface area contributed by atoms with E-state index in [1.165, 1.54) is 126 Å². The van der Waals surface area contributed by atoms with Crippen molar-refractivity contribution in [3.8, 4) is 22.3 Å². The Bertz CT molecular complexity index is 4580. The molecule has 8 rings (SSSR count). The minimum absolute atomic E-state index is 0.201. The van der Waals surface area contributed by atoms with E-state index in [0.29, 0.717) is 0 Å². The van der Waals surface area contributed by atoms with E-state index in [0.717, 1.165) is 0 Å². The maximum Gasteiger partial charge on any atom is 0.460 e. The topological polar surface area (TPSA) is 172 Å². The zero-order valence-corrected chi connectivity index (χ0v) is 66.4. The smallest absolute Gasteiger partial charge is 0.460 e. The van der Waals surface area contributed by atoms with E-state index in [2.05, 4.69) is 229 Å².